The largest absolute Gasteiger partial charge is 0.464 e. The van der Waals surface area contributed by atoms with Crippen LogP contribution >= 0.6 is 0 Å². The predicted molar refractivity (Wildman–Crippen MR) is 158 cm³/mol. The van der Waals surface area contributed by atoms with Crippen LogP contribution in [0.1, 0.15) is 45.1 Å². The highest BCUT2D eigenvalue weighted by Crippen LogP contribution is 2.31. The summed E-state index contributed by atoms with van der Waals surface area (Å²) in [6, 6.07) is 18.1. The number of rotatable bonds is 11. The van der Waals surface area contributed by atoms with Crippen molar-refractivity contribution in [3.8, 4) is 22.8 Å². The second-order valence-corrected chi connectivity index (χ2v) is 11.4. The van der Waals surface area contributed by atoms with E-state index in [-0.39, 0.29) is 10.6 Å². The van der Waals surface area contributed by atoms with Crippen molar-refractivity contribution in [2.24, 2.45) is 0 Å². The van der Waals surface area contributed by atoms with Crippen molar-refractivity contribution in [1.82, 2.24) is 9.97 Å². The minimum absolute atomic E-state index is 0.0532. The smallest absolute Gasteiger partial charge is 0.303 e. The molecule has 3 heterocycles. The highest BCUT2D eigenvalue weighted by Gasteiger charge is 2.28. The molecule has 216 valence electrons. The summed E-state index contributed by atoms with van der Waals surface area (Å²) in [7, 11) is -4.20. The van der Waals surface area contributed by atoms with E-state index in [4.69, 9.17) is 23.4 Å². The average Bonchev–Trinajstić information content (AvgIpc) is 2.97. The number of fused-ring (bicyclic) bond motifs is 1. The molecule has 0 aliphatic carbocycles. The summed E-state index contributed by atoms with van der Waals surface area (Å²) < 4.78 is 49.9. The van der Waals surface area contributed by atoms with E-state index in [1.807, 2.05) is 50.2 Å². The van der Waals surface area contributed by atoms with E-state index >= 15 is 0 Å². The fraction of sp³-hybridized carbons (Fsp3) is 0.355. The molecule has 0 amide bonds. The van der Waals surface area contributed by atoms with E-state index < -0.39 is 22.7 Å². The Morgan fingerprint density at radius 2 is 1.93 bits per heavy atom. The van der Waals surface area contributed by atoms with Crippen molar-refractivity contribution >= 4 is 26.8 Å². The Hall–Kier alpha value is -3.73. The lowest BCUT2D eigenvalue weighted by Gasteiger charge is -2.25. The third-order valence-electron chi connectivity index (χ3n) is 6.68. The Kier molecular flexibility index (Phi) is 9.02. The molecule has 0 spiro atoms. The molecule has 2 aromatic heterocycles. The molecule has 1 aliphatic rings. The van der Waals surface area contributed by atoms with Gasteiger partial charge in [0.05, 0.1) is 17.8 Å². The molecule has 2 atom stereocenters. The molecule has 4 aromatic rings. The number of aromatic nitrogens is 2. The first-order valence-corrected chi connectivity index (χ1v) is 15.4. The summed E-state index contributed by atoms with van der Waals surface area (Å²) in [5.74, 6) is 1.51. The maximum absolute atomic E-state index is 13.4. The van der Waals surface area contributed by atoms with Gasteiger partial charge in [0.25, 0.3) is 0 Å². The number of hydrogen-bond acceptors (Lipinski definition) is 9. The van der Waals surface area contributed by atoms with Crippen LogP contribution in [0.4, 0.5) is 5.82 Å². The molecule has 1 fully saturated rings. The van der Waals surface area contributed by atoms with Crippen molar-refractivity contribution in [1.29, 1.82) is 0 Å². The van der Waals surface area contributed by atoms with Crippen molar-refractivity contribution in [2.45, 2.75) is 63.9 Å². The van der Waals surface area contributed by atoms with Gasteiger partial charge < -0.3 is 19.5 Å². The molecular formula is C31H35N3O6S. The molecule has 9 nitrogen and oxygen atoms in total. The first kappa shape index (κ1) is 28.8. The summed E-state index contributed by atoms with van der Waals surface area (Å²) in [5.41, 5.74) is 3.36. The molecule has 10 heteroatoms. The summed E-state index contributed by atoms with van der Waals surface area (Å²) in [4.78, 5) is 9.13. The maximum atomic E-state index is 13.4. The third kappa shape index (κ3) is 7.13. The van der Waals surface area contributed by atoms with E-state index in [0.717, 1.165) is 52.9 Å². The van der Waals surface area contributed by atoms with Gasteiger partial charge in [-0.15, -0.1) is 0 Å². The van der Waals surface area contributed by atoms with Crippen LogP contribution in [0.3, 0.4) is 0 Å². The van der Waals surface area contributed by atoms with Crippen LogP contribution in [0.25, 0.3) is 22.2 Å². The molecule has 1 aliphatic heterocycles. The topological polar surface area (TPSA) is 109 Å². The molecule has 5 rings (SSSR count). The number of anilines is 1. The fourth-order valence-corrected chi connectivity index (χ4v) is 5.69. The highest BCUT2D eigenvalue weighted by molar-refractivity contribution is 7.86. The molecule has 1 saturated heterocycles. The summed E-state index contributed by atoms with van der Waals surface area (Å²) in [6.45, 7) is 7.09. The zero-order chi connectivity index (χ0) is 28.8. The predicted octanol–water partition coefficient (Wildman–Crippen LogP) is 6.46. The Morgan fingerprint density at radius 1 is 1.05 bits per heavy atom. The van der Waals surface area contributed by atoms with Gasteiger partial charge in [-0.3, -0.25) is 0 Å². The minimum Gasteiger partial charge on any atom is -0.464 e. The van der Waals surface area contributed by atoms with Crippen LogP contribution in [0.15, 0.2) is 71.8 Å². The third-order valence-corrected chi connectivity index (χ3v) is 8.02. The standard InChI is InChI=1S/C31H35N3O6S/c1-4-30(40-41(35,36)28-15-9-21(3)18-27(28)39-31-8-6-7-17-37-31)38-24-12-14-25-22(19-24)10-13-26(34-25)23-11-16-29(32-5-2)33-20-23/h9-16,18-20,30-31H,4-8,17H2,1-3H3,(H,32,33). The number of ether oxygens (including phenoxy) is 3. The molecule has 2 unspecified atom stereocenters. The number of nitrogens with zero attached hydrogens (tertiary/aromatic N) is 2. The molecule has 0 saturated carbocycles. The molecule has 2 aromatic carbocycles. The van der Waals surface area contributed by atoms with E-state index in [2.05, 4.69) is 10.3 Å². The average molecular weight is 578 g/mol. The number of nitrogens with one attached hydrogen (secondary N) is 1. The molecular weight excluding hydrogens is 542 g/mol. The van der Waals surface area contributed by atoms with Crippen LogP contribution in [-0.4, -0.2) is 44.1 Å². The number of hydrogen-bond donors (Lipinski definition) is 1. The van der Waals surface area contributed by atoms with Gasteiger partial charge in [-0.05, 0) is 80.8 Å². The lowest BCUT2D eigenvalue weighted by atomic mass is 10.1. The molecule has 0 bridgehead atoms. The van der Waals surface area contributed by atoms with Gasteiger partial charge in [-0.2, -0.15) is 8.42 Å². The van der Waals surface area contributed by atoms with Gasteiger partial charge in [0, 0.05) is 36.5 Å². The zero-order valence-corrected chi connectivity index (χ0v) is 24.3. The quantitative estimate of drug-likeness (QED) is 0.159. The number of pyridine rings is 2. The highest BCUT2D eigenvalue weighted by atomic mass is 32.2. The Labute approximate surface area is 241 Å². The van der Waals surface area contributed by atoms with Gasteiger partial charge >= 0.3 is 10.1 Å². The number of aryl methyl sites for hydroxylation is 1. The summed E-state index contributed by atoms with van der Waals surface area (Å²) in [5, 5.41) is 4.03. The van der Waals surface area contributed by atoms with Gasteiger partial charge in [0.2, 0.25) is 6.29 Å². The first-order valence-electron chi connectivity index (χ1n) is 13.9. The molecule has 1 N–H and O–H groups in total. The van der Waals surface area contributed by atoms with Gasteiger partial charge in [-0.1, -0.05) is 19.1 Å². The van der Waals surface area contributed by atoms with Crippen LogP contribution in [-0.2, 0) is 19.0 Å². The number of benzene rings is 2. The maximum Gasteiger partial charge on any atom is 0.303 e. The minimum atomic E-state index is -4.20. The van der Waals surface area contributed by atoms with E-state index in [1.165, 1.54) is 6.07 Å². The summed E-state index contributed by atoms with van der Waals surface area (Å²) in [6.07, 6.45) is 3.20. The van der Waals surface area contributed by atoms with Crippen LogP contribution in [0, 0.1) is 6.92 Å². The van der Waals surface area contributed by atoms with Crippen LogP contribution in [0.2, 0.25) is 0 Å². The van der Waals surface area contributed by atoms with E-state index in [0.29, 0.717) is 25.2 Å². The molecule has 41 heavy (non-hydrogen) atoms. The lowest BCUT2D eigenvalue weighted by molar-refractivity contribution is -0.107. The lowest BCUT2D eigenvalue weighted by Crippen LogP contribution is -2.27. The van der Waals surface area contributed by atoms with Gasteiger partial charge in [-0.25, -0.2) is 14.2 Å². The second kappa shape index (κ2) is 12.8. The SMILES string of the molecule is CCNc1ccc(-c2ccc3cc(OC(CC)OS(=O)(=O)c4ccc(C)cc4OC4CCCCO4)ccc3n2)cn1. The van der Waals surface area contributed by atoms with Crippen molar-refractivity contribution in [3.05, 3.63) is 72.4 Å². The Bertz CT molecular complexity index is 1590. The Morgan fingerprint density at radius 3 is 2.66 bits per heavy atom. The van der Waals surface area contributed by atoms with Crippen LogP contribution < -0.4 is 14.8 Å². The second-order valence-electron chi connectivity index (χ2n) is 9.88. The first-order chi connectivity index (χ1) is 19.8. The van der Waals surface area contributed by atoms with Crippen molar-refractivity contribution in [2.75, 3.05) is 18.5 Å². The van der Waals surface area contributed by atoms with Gasteiger partial charge in [0.15, 0.2) is 6.29 Å². The monoisotopic (exact) mass is 577 g/mol. The normalized spacial score (nSPS) is 16.3. The van der Waals surface area contributed by atoms with Crippen LogP contribution in [0.5, 0.6) is 11.5 Å². The summed E-state index contributed by atoms with van der Waals surface area (Å²) >= 11 is 0. The fourth-order valence-electron chi connectivity index (χ4n) is 4.54. The van der Waals surface area contributed by atoms with Gasteiger partial charge in [0.1, 0.15) is 22.2 Å². The Balaban J connectivity index is 1.31. The molecule has 0 radical (unpaired) electrons. The van der Waals surface area contributed by atoms with E-state index in [1.54, 1.807) is 31.3 Å². The van der Waals surface area contributed by atoms with E-state index in [9.17, 15) is 8.42 Å². The van der Waals surface area contributed by atoms with Crippen molar-refractivity contribution in [3.63, 3.8) is 0 Å². The zero-order valence-electron chi connectivity index (χ0n) is 23.5. The van der Waals surface area contributed by atoms with Crippen molar-refractivity contribution < 1.29 is 26.8 Å².